The molecule has 0 radical (unpaired) electrons. The molecule has 0 aliphatic heterocycles. The molecule has 1 atom stereocenters. The van der Waals surface area contributed by atoms with Crippen molar-refractivity contribution in [3.8, 4) is 11.1 Å². The van der Waals surface area contributed by atoms with Gasteiger partial charge in [-0.15, -0.1) is 13.2 Å². The second-order valence-corrected chi connectivity index (χ2v) is 12.1. The Balaban J connectivity index is 0. The number of hydrogen-bond acceptors (Lipinski definition) is 2. The summed E-state index contributed by atoms with van der Waals surface area (Å²) in [5.41, 5.74) is 11.5. The van der Waals surface area contributed by atoms with Crippen LogP contribution in [0.1, 0.15) is 111 Å². The first-order chi connectivity index (χ1) is 20.4. The van der Waals surface area contributed by atoms with Crippen molar-refractivity contribution in [2.24, 2.45) is 11.1 Å². The Morgan fingerprint density at radius 2 is 1.33 bits per heavy atom. The highest BCUT2D eigenvalue weighted by Gasteiger charge is 2.08. The molecule has 3 aromatic carbocycles. The van der Waals surface area contributed by atoms with E-state index < -0.39 is 12.7 Å². The number of nitrogens with two attached hydrogens (primary N) is 1. The molecule has 0 fully saturated rings. The maximum atomic E-state index is 12.7. The second-order valence-electron chi connectivity index (χ2n) is 12.1. The van der Waals surface area contributed by atoms with Gasteiger partial charge in [0.15, 0.2) is 0 Å². The SMILES string of the molecule is C=C.C=C(C)NCC.C=Cc1ccc(-c2ccc(C(N)CF)cc2)c2ccccc12.CC(C)(C)C.CCCCCCCC. The normalized spacial score (nSPS) is 10.7. The number of nitrogens with one attached hydrogen (secondary N) is 1. The summed E-state index contributed by atoms with van der Waals surface area (Å²) in [5, 5.41) is 5.38. The maximum absolute atomic E-state index is 12.7. The summed E-state index contributed by atoms with van der Waals surface area (Å²) in [6, 6.07) is 19.7. The largest absolute Gasteiger partial charge is 0.389 e. The zero-order valence-corrected chi connectivity index (χ0v) is 28.9. The summed E-state index contributed by atoms with van der Waals surface area (Å²) in [5.74, 6) is 0. The number of hydrogen-bond donors (Lipinski definition) is 2. The monoisotopic (exact) mass is 590 g/mol. The fourth-order valence-corrected chi connectivity index (χ4v) is 3.91. The molecular formula is C40H63FN2. The van der Waals surface area contributed by atoms with Crippen LogP contribution >= 0.6 is 0 Å². The number of allylic oxidation sites excluding steroid dienone is 1. The number of fused-ring (bicyclic) bond motifs is 1. The van der Waals surface area contributed by atoms with Gasteiger partial charge in [-0.1, -0.05) is 160 Å². The summed E-state index contributed by atoms with van der Waals surface area (Å²) < 4.78 is 12.7. The predicted molar refractivity (Wildman–Crippen MR) is 196 cm³/mol. The van der Waals surface area contributed by atoms with E-state index in [0.717, 1.165) is 34.5 Å². The number of unbranched alkanes of at least 4 members (excludes halogenated alkanes) is 5. The molecule has 0 aliphatic carbocycles. The van der Waals surface area contributed by atoms with Gasteiger partial charge in [-0.05, 0) is 52.3 Å². The third-order valence-electron chi connectivity index (χ3n) is 5.93. The molecule has 0 aromatic heterocycles. The molecule has 0 aliphatic rings. The van der Waals surface area contributed by atoms with E-state index >= 15 is 0 Å². The van der Waals surface area contributed by atoms with Crippen molar-refractivity contribution in [1.82, 2.24) is 5.32 Å². The molecule has 3 aromatic rings. The molecule has 0 bridgehead atoms. The highest BCUT2D eigenvalue weighted by atomic mass is 19.1. The van der Waals surface area contributed by atoms with Gasteiger partial charge in [-0.2, -0.15) is 0 Å². The first-order valence-electron chi connectivity index (χ1n) is 15.9. The van der Waals surface area contributed by atoms with E-state index in [2.05, 4.69) is 104 Å². The Morgan fingerprint density at radius 1 is 0.837 bits per heavy atom. The number of halogens is 1. The fraction of sp³-hybridized carbons (Fsp3) is 0.450. The molecule has 3 heteroatoms. The minimum Gasteiger partial charge on any atom is -0.389 e. The molecule has 1 unspecified atom stereocenters. The Morgan fingerprint density at radius 3 is 1.70 bits per heavy atom. The van der Waals surface area contributed by atoms with Crippen molar-refractivity contribution in [2.45, 2.75) is 100.0 Å². The number of alkyl halides is 1. The third kappa shape index (κ3) is 20.4. The lowest BCUT2D eigenvalue weighted by molar-refractivity contribution is 0.437. The molecule has 3 rings (SSSR count). The Kier molecular flexibility index (Phi) is 24.7. The van der Waals surface area contributed by atoms with Crippen LogP contribution in [0.25, 0.3) is 28.0 Å². The molecule has 0 heterocycles. The van der Waals surface area contributed by atoms with Crippen LogP contribution in [0.2, 0.25) is 0 Å². The van der Waals surface area contributed by atoms with Crippen LogP contribution in [0.5, 0.6) is 0 Å². The standard InChI is InChI=1S/C20H18FN.C8H18.C5H11N.C5H12.C2H4/c1-2-14-11-12-18(19-6-4-3-5-17(14)19)15-7-9-16(10-8-15)20(22)13-21;1-3-5-7-8-6-4-2;1-4-6-5(2)3;1-5(2,3)4;1-2/h2-12,20H,1,13,22H2;3-8H2,1-2H3;6H,2,4H2,1,3H3;1-4H3;1-2H2. The lowest BCUT2D eigenvalue weighted by atomic mass is 9.94. The molecule has 240 valence electrons. The van der Waals surface area contributed by atoms with E-state index in [0.29, 0.717) is 5.41 Å². The minimum atomic E-state index is -0.547. The molecule has 0 saturated carbocycles. The molecule has 0 saturated heterocycles. The Bertz CT molecular complexity index is 1110. The molecular weight excluding hydrogens is 527 g/mol. The predicted octanol–water partition coefficient (Wildman–Crippen LogP) is 12.5. The summed E-state index contributed by atoms with van der Waals surface area (Å²) in [4.78, 5) is 0. The highest BCUT2D eigenvalue weighted by molar-refractivity contribution is 6.00. The fourth-order valence-electron chi connectivity index (χ4n) is 3.91. The Hall–Kier alpha value is -3.17. The zero-order valence-electron chi connectivity index (χ0n) is 28.9. The van der Waals surface area contributed by atoms with E-state index in [1.165, 1.54) is 49.3 Å². The molecule has 3 N–H and O–H groups in total. The zero-order chi connectivity index (χ0) is 33.3. The maximum Gasteiger partial charge on any atom is 0.109 e. The van der Waals surface area contributed by atoms with Gasteiger partial charge in [0.1, 0.15) is 6.67 Å². The van der Waals surface area contributed by atoms with Gasteiger partial charge in [0.2, 0.25) is 0 Å². The summed E-state index contributed by atoms with van der Waals surface area (Å²) in [7, 11) is 0. The van der Waals surface area contributed by atoms with Gasteiger partial charge in [0.05, 0.1) is 6.04 Å². The lowest BCUT2D eigenvalue weighted by Gasteiger charge is -2.12. The smallest absolute Gasteiger partial charge is 0.109 e. The van der Waals surface area contributed by atoms with E-state index in [4.69, 9.17) is 5.73 Å². The van der Waals surface area contributed by atoms with Crippen molar-refractivity contribution in [3.05, 3.63) is 104 Å². The van der Waals surface area contributed by atoms with Gasteiger partial charge in [-0.25, -0.2) is 4.39 Å². The first-order valence-corrected chi connectivity index (χ1v) is 15.9. The summed E-state index contributed by atoms with van der Waals surface area (Å²) in [6.45, 7) is 31.2. The number of rotatable bonds is 11. The van der Waals surface area contributed by atoms with E-state index in [1.807, 2.05) is 49.4 Å². The van der Waals surface area contributed by atoms with Crippen molar-refractivity contribution in [1.29, 1.82) is 0 Å². The van der Waals surface area contributed by atoms with Crippen LogP contribution in [-0.2, 0) is 0 Å². The van der Waals surface area contributed by atoms with Crippen LogP contribution in [-0.4, -0.2) is 13.2 Å². The second kappa shape index (κ2) is 25.3. The van der Waals surface area contributed by atoms with E-state index in [9.17, 15) is 4.39 Å². The van der Waals surface area contributed by atoms with E-state index in [-0.39, 0.29) is 0 Å². The van der Waals surface area contributed by atoms with Crippen LogP contribution in [0.3, 0.4) is 0 Å². The van der Waals surface area contributed by atoms with Crippen LogP contribution in [0.4, 0.5) is 4.39 Å². The van der Waals surface area contributed by atoms with Crippen molar-refractivity contribution in [2.75, 3.05) is 13.2 Å². The average Bonchev–Trinajstić information content (AvgIpc) is 2.99. The number of benzene rings is 3. The first kappa shape index (κ1) is 42.0. The van der Waals surface area contributed by atoms with Crippen LogP contribution < -0.4 is 11.1 Å². The van der Waals surface area contributed by atoms with Gasteiger partial charge < -0.3 is 11.1 Å². The van der Waals surface area contributed by atoms with Crippen molar-refractivity contribution < 1.29 is 4.39 Å². The van der Waals surface area contributed by atoms with E-state index in [1.54, 1.807) is 0 Å². The average molecular weight is 591 g/mol. The van der Waals surface area contributed by atoms with Gasteiger partial charge in [0, 0.05) is 12.2 Å². The minimum absolute atomic E-state index is 0.500. The van der Waals surface area contributed by atoms with Gasteiger partial charge >= 0.3 is 0 Å². The highest BCUT2D eigenvalue weighted by Crippen LogP contribution is 2.31. The van der Waals surface area contributed by atoms with Crippen molar-refractivity contribution >= 4 is 16.8 Å². The summed E-state index contributed by atoms with van der Waals surface area (Å²) >= 11 is 0. The third-order valence-corrected chi connectivity index (χ3v) is 5.93. The van der Waals surface area contributed by atoms with Gasteiger partial charge in [-0.3, -0.25) is 0 Å². The molecule has 43 heavy (non-hydrogen) atoms. The molecule has 2 nitrogen and oxygen atoms in total. The summed E-state index contributed by atoms with van der Waals surface area (Å²) in [6.07, 6.45) is 10.4. The molecule has 0 spiro atoms. The van der Waals surface area contributed by atoms with Crippen LogP contribution in [0, 0.1) is 5.41 Å². The van der Waals surface area contributed by atoms with Gasteiger partial charge in [0.25, 0.3) is 0 Å². The van der Waals surface area contributed by atoms with Crippen molar-refractivity contribution in [3.63, 3.8) is 0 Å². The lowest BCUT2D eigenvalue weighted by Crippen LogP contribution is -2.11. The van der Waals surface area contributed by atoms with Crippen LogP contribution in [0.15, 0.2) is 92.7 Å². The quantitative estimate of drug-likeness (QED) is 0.172. The topological polar surface area (TPSA) is 38.0 Å². The molecule has 0 amide bonds. The Labute approximate surface area is 265 Å².